The van der Waals surface area contributed by atoms with Gasteiger partial charge in [0.05, 0.1) is 6.61 Å². The molecule has 2 N–H and O–H groups in total. The van der Waals surface area contributed by atoms with Gasteiger partial charge in [0.15, 0.2) is 0 Å². The normalized spacial score (nSPS) is 12.6. The van der Waals surface area contributed by atoms with E-state index in [4.69, 9.17) is 9.84 Å². The number of amides is 1. The maximum atomic E-state index is 11.1. The summed E-state index contributed by atoms with van der Waals surface area (Å²) in [6, 6.07) is 0.0572. The summed E-state index contributed by atoms with van der Waals surface area (Å²) in [6.45, 7) is 6.48. The summed E-state index contributed by atoms with van der Waals surface area (Å²) in [5, 5.41) is 11.3. The first-order valence-corrected chi connectivity index (χ1v) is 5.10. The zero-order valence-corrected chi connectivity index (χ0v) is 9.25. The largest absolute Gasteiger partial charge is 0.449 e. The number of hydrogen-bond acceptors (Lipinski definition) is 3. The Balaban J connectivity index is 3.50. The van der Waals surface area contributed by atoms with E-state index in [1.54, 1.807) is 0 Å². The van der Waals surface area contributed by atoms with E-state index in [0.29, 0.717) is 18.9 Å². The van der Waals surface area contributed by atoms with Crippen LogP contribution in [0, 0.1) is 5.92 Å². The lowest BCUT2D eigenvalue weighted by Crippen LogP contribution is -2.33. The van der Waals surface area contributed by atoms with E-state index in [1.165, 1.54) is 0 Å². The molecule has 0 saturated carbocycles. The van der Waals surface area contributed by atoms with Crippen LogP contribution in [-0.2, 0) is 4.74 Å². The van der Waals surface area contributed by atoms with Gasteiger partial charge in [-0.15, -0.1) is 0 Å². The SMILES string of the molecule is CC(C)COC(=O)NC(C)CCCO. The van der Waals surface area contributed by atoms with Crippen LogP contribution in [0.3, 0.4) is 0 Å². The Bertz CT molecular complexity index is 159. The maximum Gasteiger partial charge on any atom is 0.407 e. The summed E-state index contributed by atoms with van der Waals surface area (Å²) in [6.07, 6.45) is 1.10. The highest BCUT2D eigenvalue weighted by Gasteiger charge is 2.07. The summed E-state index contributed by atoms with van der Waals surface area (Å²) < 4.78 is 4.94. The van der Waals surface area contributed by atoms with Gasteiger partial charge in [-0.3, -0.25) is 0 Å². The summed E-state index contributed by atoms with van der Waals surface area (Å²) in [4.78, 5) is 11.1. The molecule has 14 heavy (non-hydrogen) atoms. The Hall–Kier alpha value is -0.770. The van der Waals surface area contributed by atoms with E-state index in [1.807, 2.05) is 20.8 Å². The van der Waals surface area contributed by atoms with Crippen molar-refractivity contribution in [2.75, 3.05) is 13.2 Å². The molecule has 84 valence electrons. The van der Waals surface area contributed by atoms with Crippen LogP contribution in [0.5, 0.6) is 0 Å². The van der Waals surface area contributed by atoms with Crippen LogP contribution >= 0.6 is 0 Å². The fourth-order valence-corrected chi connectivity index (χ4v) is 0.955. The molecule has 1 atom stereocenters. The molecule has 0 aromatic heterocycles. The molecular weight excluding hydrogens is 182 g/mol. The van der Waals surface area contributed by atoms with Crippen molar-refractivity contribution in [1.82, 2.24) is 5.32 Å². The lowest BCUT2D eigenvalue weighted by Gasteiger charge is -2.14. The maximum absolute atomic E-state index is 11.1. The molecule has 4 nitrogen and oxygen atoms in total. The molecule has 1 unspecified atom stereocenters. The highest BCUT2D eigenvalue weighted by molar-refractivity contribution is 5.67. The zero-order valence-electron chi connectivity index (χ0n) is 9.25. The highest BCUT2D eigenvalue weighted by atomic mass is 16.5. The number of carbonyl (C=O) groups is 1. The molecule has 0 radical (unpaired) electrons. The van der Waals surface area contributed by atoms with Gasteiger partial charge in [0.25, 0.3) is 0 Å². The van der Waals surface area contributed by atoms with E-state index in [0.717, 1.165) is 6.42 Å². The van der Waals surface area contributed by atoms with Gasteiger partial charge in [-0.25, -0.2) is 4.79 Å². The molecule has 0 aliphatic rings. The van der Waals surface area contributed by atoms with Gasteiger partial charge in [-0.1, -0.05) is 13.8 Å². The van der Waals surface area contributed by atoms with Crippen LogP contribution in [0.25, 0.3) is 0 Å². The molecule has 0 saturated heterocycles. The molecule has 4 heteroatoms. The molecule has 0 bridgehead atoms. The number of aliphatic hydroxyl groups excluding tert-OH is 1. The lowest BCUT2D eigenvalue weighted by atomic mass is 10.2. The number of aliphatic hydroxyl groups is 1. The van der Waals surface area contributed by atoms with Crippen molar-refractivity contribution in [2.45, 2.75) is 39.7 Å². The van der Waals surface area contributed by atoms with E-state index in [2.05, 4.69) is 5.32 Å². The molecule has 0 aromatic carbocycles. The second-order valence-corrected chi connectivity index (χ2v) is 3.90. The Kier molecular flexibility index (Phi) is 7.20. The molecule has 0 aromatic rings. The van der Waals surface area contributed by atoms with Crippen molar-refractivity contribution in [3.8, 4) is 0 Å². The smallest absolute Gasteiger partial charge is 0.407 e. The summed E-state index contributed by atoms with van der Waals surface area (Å²) in [7, 11) is 0. The summed E-state index contributed by atoms with van der Waals surface area (Å²) >= 11 is 0. The van der Waals surface area contributed by atoms with Crippen LogP contribution in [-0.4, -0.2) is 30.5 Å². The molecule has 0 aliphatic carbocycles. The molecule has 1 amide bonds. The zero-order chi connectivity index (χ0) is 11.0. The first-order valence-electron chi connectivity index (χ1n) is 5.10. The Morgan fingerprint density at radius 2 is 2.07 bits per heavy atom. The average molecular weight is 203 g/mol. The van der Waals surface area contributed by atoms with Gasteiger partial charge >= 0.3 is 6.09 Å². The minimum Gasteiger partial charge on any atom is -0.449 e. The third-order valence-electron chi connectivity index (χ3n) is 1.71. The van der Waals surface area contributed by atoms with Crippen LogP contribution in [0.1, 0.15) is 33.6 Å². The van der Waals surface area contributed by atoms with Gasteiger partial charge in [0, 0.05) is 12.6 Å². The van der Waals surface area contributed by atoms with Crippen molar-refractivity contribution in [1.29, 1.82) is 0 Å². The minimum atomic E-state index is -0.371. The van der Waals surface area contributed by atoms with E-state index in [-0.39, 0.29) is 18.7 Å². The Labute approximate surface area is 85.6 Å². The van der Waals surface area contributed by atoms with E-state index in [9.17, 15) is 4.79 Å². The van der Waals surface area contributed by atoms with Gasteiger partial charge in [-0.05, 0) is 25.7 Å². The number of ether oxygens (including phenoxy) is 1. The molecule has 0 fully saturated rings. The molecule has 0 heterocycles. The number of rotatable bonds is 6. The highest BCUT2D eigenvalue weighted by Crippen LogP contribution is 1.97. The molecule has 0 rings (SSSR count). The monoisotopic (exact) mass is 203 g/mol. The first-order chi connectivity index (χ1) is 6.56. The van der Waals surface area contributed by atoms with Crippen molar-refractivity contribution < 1.29 is 14.6 Å². The first kappa shape index (κ1) is 13.2. The number of carbonyl (C=O) groups excluding carboxylic acids is 1. The standard InChI is InChI=1S/C10H21NO3/c1-8(2)7-14-10(13)11-9(3)5-4-6-12/h8-9,12H,4-7H2,1-3H3,(H,11,13). The van der Waals surface area contributed by atoms with Crippen LogP contribution in [0.15, 0.2) is 0 Å². The summed E-state index contributed by atoms with van der Waals surface area (Å²) in [5.41, 5.74) is 0. The third kappa shape index (κ3) is 7.86. The molecular formula is C10H21NO3. The van der Waals surface area contributed by atoms with Crippen molar-refractivity contribution >= 4 is 6.09 Å². The van der Waals surface area contributed by atoms with Gasteiger partial charge in [0.1, 0.15) is 0 Å². The molecule has 0 aliphatic heterocycles. The minimum absolute atomic E-state index is 0.0572. The Morgan fingerprint density at radius 1 is 1.43 bits per heavy atom. The number of alkyl carbamates (subject to hydrolysis) is 1. The van der Waals surface area contributed by atoms with Crippen LogP contribution < -0.4 is 5.32 Å². The summed E-state index contributed by atoms with van der Waals surface area (Å²) in [5.74, 6) is 0.355. The van der Waals surface area contributed by atoms with Crippen molar-refractivity contribution in [3.05, 3.63) is 0 Å². The predicted molar refractivity (Wildman–Crippen MR) is 55.1 cm³/mol. The average Bonchev–Trinajstić information content (AvgIpc) is 2.11. The van der Waals surface area contributed by atoms with E-state index >= 15 is 0 Å². The fraction of sp³-hybridized carbons (Fsp3) is 0.900. The van der Waals surface area contributed by atoms with Crippen LogP contribution in [0.2, 0.25) is 0 Å². The number of nitrogens with one attached hydrogen (secondary N) is 1. The topological polar surface area (TPSA) is 58.6 Å². The van der Waals surface area contributed by atoms with Crippen LogP contribution in [0.4, 0.5) is 4.79 Å². The third-order valence-corrected chi connectivity index (χ3v) is 1.71. The lowest BCUT2D eigenvalue weighted by molar-refractivity contribution is 0.129. The predicted octanol–water partition coefficient (Wildman–Crippen LogP) is 1.53. The van der Waals surface area contributed by atoms with Crippen molar-refractivity contribution in [2.24, 2.45) is 5.92 Å². The number of hydrogen-bond donors (Lipinski definition) is 2. The quantitative estimate of drug-likeness (QED) is 0.688. The van der Waals surface area contributed by atoms with Gasteiger partial charge in [-0.2, -0.15) is 0 Å². The van der Waals surface area contributed by atoms with E-state index < -0.39 is 0 Å². The van der Waals surface area contributed by atoms with Crippen molar-refractivity contribution in [3.63, 3.8) is 0 Å². The van der Waals surface area contributed by atoms with Gasteiger partial charge in [0.2, 0.25) is 0 Å². The van der Waals surface area contributed by atoms with Gasteiger partial charge < -0.3 is 15.2 Å². The fourth-order valence-electron chi connectivity index (χ4n) is 0.955. The second-order valence-electron chi connectivity index (χ2n) is 3.90. The molecule has 0 spiro atoms. The second kappa shape index (κ2) is 7.62. The Morgan fingerprint density at radius 3 is 2.57 bits per heavy atom.